The van der Waals surface area contributed by atoms with Crippen LogP contribution in [0.4, 0.5) is 0 Å². The Kier molecular flexibility index (Phi) is 3.14. The number of rotatable bonds is 3. The van der Waals surface area contributed by atoms with Gasteiger partial charge in [0.1, 0.15) is 11.2 Å². The number of aromatic amines is 1. The molecule has 0 aliphatic rings. The molecule has 0 fully saturated rings. The molecular weight excluding hydrogens is 228 g/mol. The van der Waals surface area contributed by atoms with Crippen LogP contribution in [0, 0.1) is 0 Å². The van der Waals surface area contributed by atoms with Crippen molar-refractivity contribution in [2.75, 3.05) is 0 Å². The van der Waals surface area contributed by atoms with Crippen molar-refractivity contribution in [2.45, 2.75) is 26.8 Å². The Balaban J connectivity index is 2.38. The van der Waals surface area contributed by atoms with Gasteiger partial charge in [-0.2, -0.15) is 0 Å². The van der Waals surface area contributed by atoms with Crippen molar-refractivity contribution in [2.24, 2.45) is 0 Å². The normalized spacial score (nSPS) is 10.9. The molecule has 2 aromatic rings. The highest BCUT2D eigenvalue weighted by atomic mass is 16.1. The van der Waals surface area contributed by atoms with Gasteiger partial charge in [-0.15, -0.1) is 0 Å². The number of H-pyrrole nitrogens is 1. The summed E-state index contributed by atoms with van der Waals surface area (Å²) >= 11 is 0. The summed E-state index contributed by atoms with van der Waals surface area (Å²) in [6.07, 6.45) is 1.64. The van der Waals surface area contributed by atoms with Crippen molar-refractivity contribution in [3.63, 3.8) is 0 Å². The number of hydrogen-bond acceptors (Lipinski definition) is 3. The van der Waals surface area contributed by atoms with Crippen LogP contribution >= 0.6 is 0 Å². The Morgan fingerprint density at radius 2 is 2.22 bits per heavy atom. The average Bonchev–Trinajstić information content (AvgIpc) is 2.70. The Bertz CT molecular complexity index is 612. The summed E-state index contributed by atoms with van der Waals surface area (Å²) in [7, 11) is 0. The lowest BCUT2D eigenvalue weighted by molar-refractivity contribution is 0.0939. The minimum Gasteiger partial charge on any atom is -0.349 e. The molecule has 0 saturated carbocycles. The quantitative estimate of drug-likeness (QED) is 0.868. The molecule has 0 aliphatic heterocycles. The highest BCUT2D eigenvalue weighted by Crippen LogP contribution is 2.14. The summed E-state index contributed by atoms with van der Waals surface area (Å²) in [4.78, 5) is 23.4. The molecule has 94 valence electrons. The van der Waals surface area contributed by atoms with Crippen molar-refractivity contribution < 1.29 is 4.79 Å². The van der Waals surface area contributed by atoms with Crippen LogP contribution in [0.2, 0.25) is 0 Å². The maximum atomic E-state index is 11.8. The van der Waals surface area contributed by atoms with Gasteiger partial charge in [-0.1, -0.05) is 6.58 Å². The van der Waals surface area contributed by atoms with Crippen LogP contribution in [0.3, 0.4) is 0 Å². The van der Waals surface area contributed by atoms with Gasteiger partial charge in [0, 0.05) is 6.04 Å². The lowest BCUT2D eigenvalue weighted by atomic mass is 10.2. The molecular formula is C13H16N4O. The molecule has 1 amide bonds. The van der Waals surface area contributed by atoms with Crippen molar-refractivity contribution in [1.82, 2.24) is 20.3 Å². The van der Waals surface area contributed by atoms with E-state index in [1.54, 1.807) is 12.3 Å². The molecule has 18 heavy (non-hydrogen) atoms. The number of amides is 1. The minimum absolute atomic E-state index is 0.0933. The number of fused-ring (bicyclic) bond motifs is 1. The van der Waals surface area contributed by atoms with E-state index in [0.717, 1.165) is 11.3 Å². The number of nitrogens with one attached hydrogen (secondary N) is 2. The van der Waals surface area contributed by atoms with E-state index in [-0.39, 0.29) is 11.9 Å². The molecule has 5 heteroatoms. The summed E-state index contributed by atoms with van der Waals surface area (Å²) in [5.74, 6) is -0.151. The van der Waals surface area contributed by atoms with Crippen LogP contribution in [-0.4, -0.2) is 26.9 Å². The zero-order valence-electron chi connectivity index (χ0n) is 10.7. The highest BCUT2D eigenvalue weighted by molar-refractivity contribution is 5.96. The topological polar surface area (TPSA) is 70.7 Å². The summed E-state index contributed by atoms with van der Waals surface area (Å²) in [5, 5.41) is 2.81. The van der Waals surface area contributed by atoms with Crippen LogP contribution in [-0.2, 0) is 0 Å². The SMILES string of the molecule is C=C(C)c1cnc2[nH]c(C(=O)NC(C)C)cc2n1. The van der Waals surface area contributed by atoms with Gasteiger partial charge in [-0.3, -0.25) is 4.79 Å². The first kappa shape index (κ1) is 12.3. The van der Waals surface area contributed by atoms with Crippen molar-refractivity contribution in [1.29, 1.82) is 0 Å². The van der Waals surface area contributed by atoms with Gasteiger partial charge >= 0.3 is 0 Å². The molecule has 0 aromatic carbocycles. The fraction of sp³-hybridized carbons (Fsp3) is 0.308. The molecule has 2 N–H and O–H groups in total. The van der Waals surface area contributed by atoms with E-state index in [0.29, 0.717) is 16.9 Å². The van der Waals surface area contributed by atoms with E-state index in [1.807, 2.05) is 20.8 Å². The van der Waals surface area contributed by atoms with Gasteiger partial charge in [-0.25, -0.2) is 9.97 Å². The zero-order valence-corrected chi connectivity index (χ0v) is 10.7. The third kappa shape index (κ3) is 2.40. The predicted molar refractivity (Wildman–Crippen MR) is 71.2 cm³/mol. The molecule has 0 atom stereocenters. The smallest absolute Gasteiger partial charge is 0.268 e. The van der Waals surface area contributed by atoms with Crippen LogP contribution in [0.25, 0.3) is 16.7 Å². The molecule has 2 heterocycles. The van der Waals surface area contributed by atoms with E-state index in [4.69, 9.17) is 0 Å². The summed E-state index contributed by atoms with van der Waals surface area (Å²) < 4.78 is 0. The maximum Gasteiger partial charge on any atom is 0.268 e. The van der Waals surface area contributed by atoms with Gasteiger partial charge in [0.25, 0.3) is 5.91 Å². The van der Waals surface area contributed by atoms with Gasteiger partial charge < -0.3 is 10.3 Å². The van der Waals surface area contributed by atoms with Crippen LogP contribution in [0.15, 0.2) is 18.8 Å². The molecule has 0 aliphatic carbocycles. The summed E-state index contributed by atoms with van der Waals surface area (Å²) in [5.41, 5.74) is 3.33. The average molecular weight is 244 g/mol. The van der Waals surface area contributed by atoms with Gasteiger partial charge in [0.05, 0.1) is 11.9 Å². The first-order valence-corrected chi connectivity index (χ1v) is 5.80. The lowest BCUT2D eigenvalue weighted by Gasteiger charge is -2.05. The highest BCUT2D eigenvalue weighted by Gasteiger charge is 2.12. The third-order valence-corrected chi connectivity index (χ3v) is 2.44. The number of aromatic nitrogens is 3. The molecule has 0 spiro atoms. The first-order chi connectivity index (χ1) is 8.47. The van der Waals surface area contributed by atoms with Crippen molar-refractivity contribution in [3.05, 3.63) is 30.2 Å². The summed E-state index contributed by atoms with van der Waals surface area (Å²) in [6, 6.07) is 1.79. The fourth-order valence-electron chi connectivity index (χ4n) is 1.57. The van der Waals surface area contributed by atoms with E-state index in [9.17, 15) is 4.79 Å². The van der Waals surface area contributed by atoms with Gasteiger partial charge in [0.15, 0.2) is 5.65 Å². The molecule has 0 unspecified atom stereocenters. The van der Waals surface area contributed by atoms with Gasteiger partial charge in [-0.05, 0) is 32.4 Å². The Labute approximate surface area is 105 Å². The Morgan fingerprint density at radius 3 is 2.83 bits per heavy atom. The van der Waals surface area contributed by atoms with Crippen molar-refractivity contribution >= 4 is 22.6 Å². The molecule has 2 rings (SSSR count). The number of allylic oxidation sites excluding steroid dienone is 1. The van der Waals surface area contributed by atoms with Crippen LogP contribution in [0.5, 0.6) is 0 Å². The predicted octanol–water partition coefficient (Wildman–Crippen LogP) is 2.13. The van der Waals surface area contributed by atoms with Crippen molar-refractivity contribution in [3.8, 4) is 0 Å². The maximum absolute atomic E-state index is 11.8. The van der Waals surface area contributed by atoms with E-state index in [1.165, 1.54) is 0 Å². The van der Waals surface area contributed by atoms with E-state index < -0.39 is 0 Å². The number of carbonyl (C=O) groups is 1. The van der Waals surface area contributed by atoms with Crippen LogP contribution < -0.4 is 5.32 Å². The monoisotopic (exact) mass is 244 g/mol. The molecule has 0 saturated heterocycles. The Morgan fingerprint density at radius 1 is 1.50 bits per heavy atom. The summed E-state index contributed by atoms with van der Waals surface area (Å²) in [6.45, 7) is 9.52. The number of hydrogen-bond donors (Lipinski definition) is 2. The van der Waals surface area contributed by atoms with E-state index >= 15 is 0 Å². The van der Waals surface area contributed by atoms with E-state index in [2.05, 4.69) is 26.8 Å². The molecule has 2 aromatic heterocycles. The fourth-order valence-corrected chi connectivity index (χ4v) is 1.57. The second kappa shape index (κ2) is 4.60. The third-order valence-electron chi connectivity index (χ3n) is 2.44. The second-order valence-electron chi connectivity index (χ2n) is 4.58. The Hall–Kier alpha value is -2.17. The standard InChI is InChI=1S/C13H16N4O/c1-7(2)11-6-14-12-9(16-11)5-10(17-12)13(18)15-8(3)4/h5-6,8H,1H2,2-4H3,(H,14,17)(H,15,18). The second-order valence-corrected chi connectivity index (χ2v) is 4.58. The molecule has 0 radical (unpaired) electrons. The first-order valence-electron chi connectivity index (χ1n) is 5.80. The molecule has 5 nitrogen and oxygen atoms in total. The minimum atomic E-state index is -0.151. The number of carbonyl (C=O) groups excluding carboxylic acids is 1. The molecule has 0 bridgehead atoms. The lowest BCUT2D eigenvalue weighted by Crippen LogP contribution is -2.30. The number of nitrogens with zero attached hydrogens (tertiary/aromatic N) is 2. The zero-order chi connectivity index (χ0) is 13.3. The van der Waals surface area contributed by atoms with Crippen LogP contribution in [0.1, 0.15) is 37.0 Å². The van der Waals surface area contributed by atoms with Gasteiger partial charge in [0.2, 0.25) is 0 Å². The largest absolute Gasteiger partial charge is 0.349 e.